The van der Waals surface area contributed by atoms with Gasteiger partial charge < -0.3 is 14.5 Å². The number of benzene rings is 2. The Hall–Kier alpha value is -3.87. The summed E-state index contributed by atoms with van der Waals surface area (Å²) in [5, 5.41) is 13.2. The molecule has 0 amide bonds. The summed E-state index contributed by atoms with van der Waals surface area (Å²) in [6.07, 6.45) is 1.53. The van der Waals surface area contributed by atoms with E-state index in [2.05, 4.69) is 20.5 Å². The van der Waals surface area contributed by atoms with Crippen LogP contribution in [0.15, 0.2) is 70.2 Å². The van der Waals surface area contributed by atoms with E-state index in [4.69, 9.17) is 9.52 Å². The summed E-state index contributed by atoms with van der Waals surface area (Å²) < 4.78 is 5.69. The van der Waals surface area contributed by atoms with E-state index in [0.29, 0.717) is 23.0 Å². The third kappa shape index (κ3) is 3.18. The van der Waals surface area contributed by atoms with Gasteiger partial charge in [-0.3, -0.25) is 0 Å². The normalized spacial score (nSPS) is 11.2. The predicted octanol–water partition coefficient (Wildman–Crippen LogP) is 3.97. The number of H-pyrrole nitrogens is 1. The number of imidazole rings is 1. The number of aromatic nitrogens is 2. The van der Waals surface area contributed by atoms with E-state index in [1.807, 2.05) is 24.3 Å². The summed E-state index contributed by atoms with van der Waals surface area (Å²) in [6.45, 7) is 0. The molecule has 2 heterocycles. The van der Waals surface area contributed by atoms with Gasteiger partial charge in [0, 0.05) is 5.56 Å². The molecule has 7 heteroatoms. The SMILES string of the molecule is O=C(O)c1cccc(-c2ccc(/C=N\Nc3nc4ccccc4[nH]3)o2)c1. The molecule has 0 fully saturated rings. The van der Waals surface area contributed by atoms with E-state index < -0.39 is 5.97 Å². The molecule has 7 nitrogen and oxygen atoms in total. The Morgan fingerprint density at radius 2 is 2.04 bits per heavy atom. The first-order valence-electron chi connectivity index (χ1n) is 7.86. The number of furan rings is 1. The van der Waals surface area contributed by atoms with Crippen LogP contribution < -0.4 is 5.43 Å². The van der Waals surface area contributed by atoms with Gasteiger partial charge in [0.15, 0.2) is 0 Å². The van der Waals surface area contributed by atoms with Crippen LogP contribution in [-0.4, -0.2) is 27.3 Å². The highest BCUT2D eigenvalue weighted by Crippen LogP contribution is 2.22. The van der Waals surface area contributed by atoms with Gasteiger partial charge >= 0.3 is 5.97 Å². The Balaban J connectivity index is 1.48. The third-order valence-electron chi connectivity index (χ3n) is 3.77. The van der Waals surface area contributed by atoms with Crippen molar-refractivity contribution in [2.45, 2.75) is 0 Å². The number of para-hydroxylation sites is 2. The fraction of sp³-hybridized carbons (Fsp3) is 0. The topological polar surface area (TPSA) is 104 Å². The molecule has 26 heavy (non-hydrogen) atoms. The first-order chi connectivity index (χ1) is 12.7. The smallest absolute Gasteiger partial charge is 0.335 e. The van der Waals surface area contributed by atoms with Crippen LogP contribution in [0.4, 0.5) is 5.95 Å². The van der Waals surface area contributed by atoms with Crippen LogP contribution in [0.1, 0.15) is 16.1 Å². The van der Waals surface area contributed by atoms with Gasteiger partial charge in [0.25, 0.3) is 0 Å². The number of fused-ring (bicyclic) bond motifs is 1. The largest absolute Gasteiger partial charge is 0.478 e. The monoisotopic (exact) mass is 346 g/mol. The van der Waals surface area contributed by atoms with Crippen molar-refractivity contribution in [1.82, 2.24) is 9.97 Å². The lowest BCUT2D eigenvalue weighted by Gasteiger charge is -1.99. The van der Waals surface area contributed by atoms with Gasteiger partial charge in [-0.2, -0.15) is 5.10 Å². The summed E-state index contributed by atoms with van der Waals surface area (Å²) in [7, 11) is 0. The molecule has 4 aromatic rings. The van der Waals surface area contributed by atoms with Crippen LogP contribution in [0.25, 0.3) is 22.4 Å². The highest BCUT2D eigenvalue weighted by molar-refractivity contribution is 5.89. The van der Waals surface area contributed by atoms with Crippen LogP contribution in [0.3, 0.4) is 0 Å². The van der Waals surface area contributed by atoms with Crippen molar-refractivity contribution in [3.8, 4) is 11.3 Å². The highest BCUT2D eigenvalue weighted by Gasteiger charge is 2.08. The number of nitrogens with zero attached hydrogens (tertiary/aromatic N) is 2. The Morgan fingerprint density at radius 1 is 1.15 bits per heavy atom. The molecular formula is C19H14N4O3. The molecule has 4 rings (SSSR count). The molecule has 0 unspecified atom stereocenters. The fourth-order valence-corrected chi connectivity index (χ4v) is 2.55. The second-order valence-electron chi connectivity index (χ2n) is 5.56. The van der Waals surface area contributed by atoms with E-state index in [0.717, 1.165) is 11.0 Å². The van der Waals surface area contributed by atoms with E-state index in [-0.39, 0.29) is 5.56 Å². The van der Waals surface area contributed by atoms with Crippen LogP contribution in [0, 0.1) is 0 Å². The first kappa shape index (κ1) is 15.6. The van der Waals surface area contributed by atoms with E-state index >= 15 is 0 Å². The van der Waals surface area contributed by atoms with Crippen LogP contribution >= 0.6 is 0 Å². The van der Waals surface area contributed by atoms with Gasteiger partial charge in [0.1, 0.15) is 11.5 Å². The Kier molecular flexibility index (Phi) is 3.95. The van der Waals surface area contributed by atoms with Gasteiger partial charge in [-0.15, -0.1) is 0 Å². The van der Waals surface area contributed by atoms with Gasteiger partial charge in [-0.25, -0.2) is 15.2 Å². The van der Waals surface area contributed by atoms with Crippen LogP contribution in [-0.2, 0) is 0 Å². The maximum Gasteiger partial charge on any atom is 0.335 e. The number of carbonyl (C=O) groups is 1. The number of hydrazone groups is 1. The molecule has 0 saturated carbocycles. The summed E-state index contributed by atoms with van der Waals surface area (Å²) >= 11 is 0. The fourth-order valence-electron chi connectivity index (χ4n) is 2.55. The Bertz CT molecular complexity index is 1080. The molecule has 0 aliphatic heterocycles. The van der Waals surface area contributed by atoms with Crippen LogP contribution in [0.2, 0.25) is 0 Å². The minimum Gasteiger partial charge on any atom is -0.478 e. The number of hydrogen-bond acceptors (Lipinski definition) is 5. The summed E-state index contributed by atoms with van der Waals surface area (Å²) in [6, 6.07) is 17.8. The first-order valence-corrected chi connectivity index (χ1v) is 7.86. The number of hydrogen-bond donors (Lipinski definition) is 3. The molecular weight excluding hydrogens is 332 g/mol. The Labute approximate surface area is 148 Å². The minimum atomic E-state index is -0.977. The average Bonchev–Trinajstić information content (AvgIpc) is 3.28. The number of anilines is 1. The van der Waals surface area contributed by atoms with E-state index in [1.165, 1.54) is 12.3 Å². The van der Waals surface area contributed by atoms with Crippen molar-refractivity contribution in [3.05, 3.63) is 72.0 Å². The molecule has 0 aliphatic rings. The highest BCUT2D eigenvalue weighted by atomic mass is 16.4. The molecule has 0 spiro atoms. The number of aromatic carboxylic acids is 1. The molecule has 0 bridgehead atoms. The van der Waals surface area contributed by atoms with E-state index in [1.54, 1.807) is 30.3 Å². The molecule has 128 valence electrons. The van der Waals surface area contributed by atoms with Gasteiger partial charge in [0.05, 0.1) is 22.8 Å². The number of carboxylic acid groups (broad SMARTS) is 1. The molecule has 0 atom stereocenters. The average molecular weight is 346 g/mol. The third-order valence-corrected chi connectivity index (χ3v) is 3.77. The van der Waals surface area contributed by atoms with Crippen molar-refractivity contribution >= 4 is 29.2 Å². The second-order valence-corrected chi connectivity index (χ2v) is 5.56. The number of aromatic amines is 1. The molecule has 0 saturated heterocycles. The molecule has 0 aliphatic carbocycles. The van der Waals surface area contributed by atoms with Crippen molar-refractivity contribution in [2.24, 2.45) is 5.10 Å². The lowest BCUT2D eigenvalue weighted by molar-refractivity contribution is 0.0697. The van der Waals surface area contributed by atoms with Gasteiger partial charge in [-0.05, 0) is 36.4 Å². The standard InChI is InChI=1S/C19H14N4O3/c24-18(25)13-5-3-4-12(10-13)17-9-8-14(26-17)11-20-23-19-21-15-6-1-2-7-16(15)22-19/h1-11H,(H,24,25)(H2,21,22,23)/b20-11-. The van der Waals surface area contributed by atoms with Gasteiger partial charge in [0.2, 0.25) is 5.95 Å². The zero-order valence-electron chi connectivity index (χ0n) is 13.5. The molecule has 2 aromatic heterocycles. The predicted molar refractivity (Wildman–Crippen MR) is 98.4 cm³/mol. The van der Waals surface area contributed by atoms with Crippen molar-refractivity contribution in [2.75, 3.05) is 5.43 Å². The van der Waals surface area contributed by atoms with E-state index in [9.17, 15) is 4.79 Å². The minimum absolute atomic E-state index is 0.209. The summed E-state index contributed by atoms with van der Waals surface area (Å²) in [4.78, 5) is 18.5. The summed E-state index contributed by atoms with van der Waals surface area (Å²) in [5.41, 5.74) is 5.49. The number of carboxylic acids is 1. The summed E-state index contributed by atoms with van der Waals surface area (Å²) in [5.74, 6) is 0.654. The Morgan fingerprint density at radius 3 is 2.88 bits per heavy atom. The molecule has 0 radical (unpaired) electrons. The lowest BCUT2D eigenvalue weighted by atomic mass is 10.1. The molecule has 3 N–H and O–H groups in total. The second kappa shape index (κ2) is 6.56. The lowest BCUT2D eigenvalue weighted by Crippen LogP contribution is -1.95. The number of nitrogens with one attached hydrogen (secondary N) is 2. The van der Waals surface area contributed by atoms with Crippen molar-refractivity contribution in [1.29, 1.82) is 0 Å². The maximum absolute atomic E-state index is 11.1. The van der Waals surface area contributed by atoms with Gasteiger partial charge in [-0.1, -0.05) is 24.3 Å². The quantitative estimate of drug-likeness (QED) is 0.375. The van der Waals surface area contributed by atoms with Crippen LogP contribution in [0.5, 0.6) is 0 Å². The number of rotatable bonds is 5. The van der Waals surface area contributed by atoms with Crippen molar-refractivity contribution < 1.29 is 14.3 Å². The van der Waals surface area contributed by atoms with Crippen molar-refractivity contribution in [3.63, 3.8) is 0 Å². The maximum atomic E-state index is 11.1. The molecule has 2 aromatic carbocycles. The zero-order chi connectivity index (χ0) is 17.9. The zero-order valence-corrected chi connectivity index (χ0v) is 13.5.